The Morgan fingerprint density at radius 3 is 2.58 bits per heavy atom. The molecular formula is C14H17Cl2NO2. The van der Waals surface area contributed by atoms with Crippen molar-refractivity contribution in [2.24, 2.45) is 0 Å². The van der Waals surface area contributed by atoms with Gasteiger partial charge in [-0.25, -0.2) is 0 Å². The summed E-state index contributed by atoms with van der Waals surface area (Å²) < 4.78 is 11.2. The van der Waals surface area contributed by atoms with Gasteiger partial charge in [-0.3, -0.25) is 0 Å². The fraction of sp³-hybridized carbons (Fsp3) is 0.571. The molecule has 0 aromatic heterocycles. The summed E-state index contributed by atoms with van der Waals surface area (Å²) in [6.45, 7) is 4.15. The van der Waals surface area contributed by atoms with Crippen LogP contribution < -0.4 is 4.74 Å². The van der Waals surface area contributed by atoms with E-state index in [0.717, 1.165) is 44.8 Å². The van der Waals surface area contributed by atoms with Gasteiger partial charge in [0.05, 0.1) is 22.8 Å². The van der Waals surface area contributed by atoms with E-state index in [-0.39, 0.29) is 6.10 Å². The number of piperidine rings is 1. The SMILES string of the molecule is Clc1ccc(OC2CCN(C[C@@H]3CO3)CC2)cc1Cl. The fourth-order valence-electron chi connectivity index (χ4n) is 2.41. The number of halogens is 2. The van der Waals surface area contributed by atoms with Gasteiger partial charge >= 0.3 is 0 Å². The minimum Gasteiger partial charge on any atom is -0.490 e. The predicted molar refractivity (Wildman–Crippen MR) is 76.3 cm³/mol. The maximum absolute atomic E-state index is 5.98. The second kappa shape index (κ2) is 5.88. The Labute approximate surface area is 123 Å². The third kappa shape index (κ3) is 3.76. The Morgan fingerprint density at radius 2 is 1.95 bits per heavy atom. The number of nitrogens with zero attached hydrogens (tertiary/aromatic N) is 1. The molecule has 0 aliphatic carbocycles. The average Bonchev–Trinajstić information content (AvgIpc) is 3.20. The van der Waals surface area contributed by atoms with Crippen molar-refractivity contribution in [3.8, 4) is 5.75 Å². The zero-order valence-electron chi connectivity index (χ0n) is 10.6. The second-order valence-corrected chi connectivity index (χ2v) is 5.96. The number of epoxide rings is 1. The average molecular weight is 302 g/mol. The van der Waals surface area contributed by atoms with Crippen molar-refractivity contribution in [1.82, 2.24) is 4.90 Å². The quantitative estimate of drug-likeness (QED) is 0.798. The molecule has 0 radical (unpaired) electrons. The molecule has 1 aromatic carbocycles. The first-order valence-electron chi connectivity index (χ1n) is 6.66. The van der Waals surface area contributed by atoms with E-state index in [2.05, 4.69) is 4.90 Å². The van der Waals surface area contributed by atoms with E-state index in [4.69, 9.17) is 32.7 Å². The molecule has 3 nitrogen and oxygen atoms in total. The summed E-state index contributed by atoms with van der Waals surface area (Å²) in [5.41, 5.74) is 0. The van der Waals surface area contributed by atoms with E-state index in [1.165, 1.54) is 0 Å². The molecule has 5 heteroatoms. The lowest BCUT2D eigenvalue weighted by Gasteiger charge is -2.31. The van der Waals surface area contributed by atoms with Gasteiger partial charge < -0.3 is 14.4 Å². The molecule has 0 spiro atoms. The monoisotopic (exact) mass is 301 g/mol. The first kappa shape index (κ1) is 13.5. The summed E-state index contributed by atoms with van der Waals surface area (Å²) >= 11 is 11.9. The number of hydrogen-bond donors (Lipinski definition) is 0. The Balaban J connectivity index is 1.49. The summed E-state index contributed by atoms with van der Waals surface area (Å²) in [7, 11) is 0. The molecular weight excluding hydrogens is 285 g/mol. The smallest absolute Gasteiger partial charge is 0.121 e. The lowest BCUT2D eigenvalue weighted by atomic mass is 10.1. The Hall–Kier alpha value is -0.480. The standard InChI is InChI=1S/C14H17Cl2NO2/c15-13-2-1-11(7-14(13)16)19-10-3-5-17(6-4-10)8-12-9-18-12/h1-2,7,10,12H,3-6,8-9H2/t12-/m1/s1. The predicted octanol–water partition coefficient (Wildman–Crippen LogP) is 3.24. The van der Waals surface area contributed by atoms with Crippen LogP contribution in [0.3, 0.4) is 0 Å². The molecule has 2 fully saturated rings. The minimum atomic E-state index is 0.272. The highest BCUT2D eigenvalue weighted by Crippen LogP contribution is 2.28. The zero-order chi connectivity index (χ0) is 13.2. The molecule has 1 aromatic rings. The molecule has 0 saturated carbocycles. The summed E-state index contributed by atoms with van der Waals surface area (Å²) in [6.07, 6.45) is 2.85. The van der Waals surface area contributed by atoms with Crippen molar-refractivity contribution in [3.05, 3.63) is 28.2 Å². The summed E-state index contributed by atoms with van der Waals surface area (Å²) in [6, 6.07) is 5.44. The molecule has 0 bridgehead atoms. The van der Waals surface area contributed by atoms with Gasteiger partial charge in [-0.2, -0.15) is 0 Å². The van der Waals surface area contributed by atoms with Gasteiger partial charge in [-0.15, -0.1) is 0 Å². The second-order valence-electron chi connectivity index (χ2n) is 5.15. The molecule has 0 amide bonds. The summed E-state index contributed by atoms with van der Waals surface area (Å²) in [4.78, 5) is 2.45. The van der Waals surface area contributed by atoms with Crippen LogP contribution in [-0.2, 0) is 4.74 Å². The van der Waals surface area contributed by atoms with Crippen LogP contribution in [0.5, 0.6) is 5.75 Å². The number of rotatable bonds is 4. The summed E-state index contributed by atoms with van der Waals surface area (Å²) in [5, 5.41) is 1.11. The van der Waals surface area contributed by atoms with Crippen LogP contribution in [0.1, 0.15) is 12.8 Å². The van der Waals surface area contributed by atoms with Gasteiger partial charge in [-0.05, 0) is 25.0 Å². The van der Waals surface area contributed by atoms with E-state index in [9.17, 15) is 0 Å². The van der Waals surface area contributed by atoms with Gasteiger partial charge in [0.25, 0.3) is 0 Å². The number of benzene rings is 1. The largest absolute Gasteiger partial charge is 0.490 e. The van der Waals surface area contributed by atoms with Crippen LogP contribution >= 0.6 is 23.2 Å². The third-order valence-corrected chi connectivity index (χ3v) is 4.33. The van der Waals surface area contributed by atoms with Gasteiger partial charge in [0, 0.05) is 25.7 Å². The third-order valence-electron chi connectivity index (χ3n) is 3.59. The molecule has 2 heterocycles. The Morgan fingerprint density at radius 1 is 1.21 bits per heavy atom. The van der Waals surface area contributed by atoms with E-state index >= 15 is 0 Å². The van der Waals surface area contributed by atoms with Crippen molar-refractivity contribution in [2.45, 2.75) is 25.0 Å². The minimum absolute atomic E-state index is 0.272. The summed E-state index contributed by atoms with van der Waals surface area (Å²) in [5.74, 6) is 0.804. The van der Waals surface area contributed by atoms with Crippen LogP contribution in [0.4, 0.5) is 0 Å². The van der Waals surface area contributed by atoms with Crippen molar-refractivity contribution < 1.29 is 9.47 Å². The van der Waals surface area contributed by atoms with Gasteiger partial charge in [0.2, 0.25) is 0 Å². The first-order valence-corrected chi connectivity index (χ1v) is 7.42. The van der Waals surface area contributed by atoms with Crippen LogP contribution in [0.15, 0.2) is 18.2 Å². The van der Waals surface area contributed by atoms with Gasteiger partial charge in [-0.1, -0.05) is 23.2 Å². The van der Waals surface area contributed by atoms with Crippen molar-refractivity contribution in [2.75, 3.05) is 26.2 Å². The van der Waals surface area contributed by atoms with Crippen molar-refractivity contribution in [3.63, 3.8) is 0 Å². The van der Waals surface area contributed by atoms with E-state index in [0.29, 0.717) is 16.1 Å². The van der Waals surface area contributed by atoms with Crippen LogP contribution in [0.2, 0.25) is 10.0 Å². The fourth-order valence-corrected chi connectivity index (χ4v) is 2.70. The van der Waals surface area contributed by atoms with Crippen LogP contribution in [0.25, 0.3) is 0 Å². The molecule has 3 rings (SSSR count). The highest BCUT2D eigenvalue weighted by Gasteiger charge is 2.28. The topological polar surface area (TPSA) is 25.0 Å². The molecule has 0 N–H and O–H groups in total. The van der Waals surface area contributed by atoms with Crippen molar-refractivity contribution in [1.29, 1.82) is 0 Å². The van der Waals surface area contributed by atoms with Crippen molar-refractivity contribution >= 4 is 23.2 Å². The maximum Gasteiger partial charge on any atom is 0.121 e. The van der Waals surface area contributed by atoms with Crippen LogP contribution in [0, 0.1) is 0 Å². The Kier molecular flexibility index (Phi) is 4.18. The number of hydrogen-bond acceptors (Lipinski definition) is 3. The highest BCUT2D eigenvalue weighted by molar-refractivity contribution is 6.42. The number of ether oxygens (including phenoxy) is 2. The molecule has 0 unspecified atom stereocenters. The molecule has 2 aliphatic rings. The number of likely N-dealkylation sites (tertiary alicyclic amines) is 1. The Bertz CT molecular complexity index is 443. The highest BCUT2D eigenvalue weighted by atomic mass is 35.5. The molecule has 1 atom stereocenters. The van der Waals surface area contributed by atoms with E-state index in [1.54, 1.807) is 12.1 Å². The normalized spacial score (nSPS) is 24.4. The zero-order valence-corrected chi connectivity index (χ0v) is 12.2. The first-order chi connectivity index (χ1) is 9.20. The molecule has 19 heavy (non-hydrogen) atoms. The van der Waals surface area contributed by atoms with E-state index in [1.807, 2.05) is 6.07 Å². The molecule has 2 saturated heterocycles. The van der Waals surface area contributed by atoms with Gasteiger partial charge in [0.1, 0.15) is 11.9 Å². The van der Waals surface area contributed by atoms with Gasteiger partial charge in [0.15, 0.2) is 0 Å². The van der Waals surface area contributed by atoms with Crippen LogP contribution in [-0.4, -0.2) is 43.3 Å². The molecule has 104 valence electrons. The molecule has 2 aliphatic heterocycles. The maximum atomic E-state index is 5.98. The van der Waals surface area contributed by atoms with E-state index < -0.39 is 0 Å². The lowest BCUT2D eigenvalue weighted by molar-refractivity contribution is 0.0962. The lowest BCUT2D eigenvalue weighted by Crippen LogP contribution is -2.40.